The summed E-state index contributed by atoms with van der Waals surface area (Å²) in [4.78, 5) is 22.7. The number of hydrogen-bond donors (Lipinski definition) is 3. The van der Waals surface area contributed by atoms with Crippen LogP contribution in [0.3, 0.4) is 0 Å². The van der Waals surface area contributed by atoms with Gasteiger partial charge in [-0.3, -0.25) is 4.79 Å². The number of nitrogen functional groups attached to an aromatic ring is 1. The Morgan fingerprint density at radius 2 is 2.06 bits per heavy atom. The highest BCUT2D eigenvalue weighted by Crippen LogP contribution is 2.10. The first-order valence-corrected chi connectivity index (χ1v) is 5.44. The number of nitrogens with one attached hydrogen (secondary N) is 1. The van der Waals surface area contributed by atoms with Crippen LogP contribution in [-0.2, 0) is 4.79 Å². The Labute approximate surface area is 99.6 Å². The largest absolute Gasteiger partial charge is 0.480 e. The maximum atomic E-state index is 11.8. The zero-order valence-electron chi connectivity index (χ0n) is 9.64. The van der Waals surface area contributed by atoms with Crippen molar-refractivity contribution in [3.05, 3.63) is 29.8 Å². The quantitative estimate of drug-likeness (QED) is 0.671. The van der Waals surface area contributed by atoms with Crippen molar-refractivity contribution in [2.45, 2.75) is 25.8 Å². The number of aliphatic carboxylic acids is 1. The fourth-order valence-corrected chi connectivity index (χ4v) is 1.49. The number of carbonyl (C=O) groups excluding carboxylic acids is 1. The molecule has 4 N–H and O–H groups in total. The molecule has 0 fully saturated rings. The maximum absolute atomic E-state index is 11.8. The molecule has 0 bridgehead atoms. The smallest absolute Gasteiger partial charge is 0.326 e. The number of carboxylic acid groups (broad SMARTS) is 1. The summed E-state index contributed by atoms with van der Waals surface area (Å²) in [5, 5.41) is 11.4. The van der Waals surface area contributed by atoms with E-state index in [4.69, 9.17) is 10.8 Å². The predicted molar refractivity (Wildman–Crippen MR) is 64.7 cm³/mol. The minimum absolute atomic E-state index is 0.301. The SMILES string of the molecule is CCC[C@H](NC(=O)c1ccccc1N)C(=O)O. The van der Waals surface area contributed by atoms with E-state index in [1.165, 1.54) is 0 Å². The number of hydrogen-bond acceptors (Lipinski definition) is 3. The lowest BCUT2D eigenvalue weighted by molar-refractivity contribution is -0.139. The van der Waals surface area contributed by atoms with Gasteiger partial charge in [-0.05, 0) is 18.6 Å². The zero-order valence-corrected chi connectivity index (χ0v) is 9.64. The van der Waals surface area contributed by atoms with Gasteiger partial charge in [-0.15, -0.1) is 0 Å². The normalized spacial score (nSPS) is 11.8. The Balaban J connectivity index is 2.77. The van der Waals surface area contributed by atoms with Crippen LogP contribution >= 0.6 is 0 Å². The van der Waals surface area contributed by atoms with Crippen LogP contribution in [0.2, 0.25) is 0 Å². The first kappa shape index (κ1) is 13.0. The van der Waals surface area contributed by atoms with Crippen molar-refractivity contribution in [1.82, 2.24) is 5.32 Å². The van der Waals surface area contributed by atoms with E-state index in [0.717, 1.165) is 0 Å². The van der Waals surface area contributed by atoms with Gasteiger partial charge in [0.05, 0.1) is 5.56 Å². The average Bonchev–Trinajstić information content (AvgIpc) is 2.28. The lowest BCUT2D eigenvalue weighted by Crippen LogP contribution is -2.40. The predicted octanol–water partition coefficient (Wildman–Crippen LogP) is 1.25. The Morgan fingerprint density at radius 1 is 1.41 bits per heavy atom. The fraction of sp³-hybridized carbons (Fsp3) is 0.333. The van der Waals surface area contributed by atoms with Gasteiger partial charge in [-0.25, -0.2) is 4.79 Å². The molecular weight excluding hydrogens is 220 g/mol. The first-order chi connectivity index (χ1) is 8.06. The third kappa shape index (κ3) is 3.48. The molecule has 92 valence electrons. The van der Waals surface area contributed by atoms with Crippen LogP contribution < -0.4 is 11.1 Å². The van der Waals surface area contributed by atoms with Crippen LogP contribution in [0, 0.1) is 0 Å². The van der Waals surface area contributed by atoms with Gasteiger partial charge in [0, 0.05) is 5.69 Å². The van der Waals surface area contributed by atoms with Gasteiger partial charge >= 0.3 is 5.97 Å². The van der Waals surface area contributed by atoms with Crippen LogP contribution in [0.15, 0.2) is 24.3 Å². The molecule has 5 nitrogen and oxygen atoms in total. The van der Waals surface area contributed by atoms with Crippen molar-refractivity contribution in [2.75, 3.05) is 5.73 Å². The fourth-order valence-electron chi connectivity index (χ4n) is 1.49. The molecule has 0 aliphatic heterocycles. The molecule has 1 atom stereocenters. The van der Waals surface area contributed by atoms with Crippen molar-refractivity contribution in [2.24, 2.45) is 0 Å². The lowest BCUT2D eigenvalue weighted by Gasteiger charge is -2.14. The summed E-state index contributed by atoms with van der Waals surface area (Å²) in [6, 6.07) is 5.69. The van der Waals surface area contributed by atoms with Crippen LogP contribution in [-0.4, -0.2) is 23.0 Å². The van der Waals surface area contributed by atoms with Crippen molar-refractivity contribution in [1.29, 1.82) is 0 Å². The highest BCUT2D eigenvalue weighted by molar-refractivity contribution is 6.00. The van der Waals surface area contributed by atoms with Gasteiger partial charge in [0.1, 0.15) is 6.04 Å². The summed E-state index contributed by atoms with van der Waals surface area (Å²) in [6.45, 7) is 1.86. The number of benzene rings is 1. The molecule has 0 aliphatic rings. The number of amides is 1. The lowest BCUT2D eigenvalue weighted by atomic mass is 10.1. The summed E-state index contributed by atoms with van der Waals surface area (Å²) >= 11 is 0. The molecule has 0 unspecified atom stereocenters. The van der Waals surface area contributed by atoms with E-state index < -0.39 is 17.9 Å². The number of nitrogens with two attached hydrogens (primary N) is 1. The molecule has 1 aromatic carbocycles. The highest BCUT2D eigenvalue weighted by Gasteiger charge is 2.20. The molecule has 1 amide bonds. The number of anilines is 1. The Kier molecular flexibility index (Phi) is 4.51. The Bertz CT molecular complexity index is 418. The van der Waals surface area contributed by atoms with Crippen LogP contribution in [0.25, 0.3) is 0 Å². The summed E-state index contributed by atoms with van der Waals surface area (Å²) in [5.74, 6) is -1.49. The second-order valence-electron chi connectivity index (χ2n) is 3.74. The molecule has 0 aromatic heterocycles. The molecule has 1 rings (SSSR count). The van der Waals surface area contributed by atoms with E-state index in [2.05, 4.69) is 5.32 Å². The Hall–Kier alpha value is -2.04. The molecule has 0 radical (unpaired) electrons. The molecule has 0 heterocycles. The summed E-state index contributed by atoms with van der Waals surface area (Å²) in [6.07, 6.45) is 1.08. The van der Waals surface area contributed by atoms with Crippen LogP contribution in [0.4, 0.5) is 5.69 Å². The number of carboxylic acids is 1. The third-order valence-corrected chi connectivity index (χ3v) is 2.39. The van der Waals surface area contributed by atoms with Gasteiger partial charge in [0.15, 0.2) is 0 Å². The average molecular weight is 236 g/mol. The second kappa shape index (κ2) is 5.89. The molecule has 5 heteroatoms. The zero-order chi connectivity index (χ0) is 12.8. The van der Waals surface area contributed by atoms with Crippen molar-refractivity contribution < 1.29 is 14.7 Å². The van der Waals surface area contributed by atoms with E-state index in [1.54, 1.807) is 24.3 Å². The second-order valence-corrected chi connectivity index (χ2v) is 3.74. The van der Waals surface area contributed by atoms with Crippen molar-refractivity contribution in [3.8, 4) is 0 Å². The summed E-state index contributed by atoms with van der Waals surface area (Å²) in [5.41, 5.74) is 6.28. The number of rotatable bonds is 5. The van der Waals surface area contributed by atoms with Crippen molar-refractivity contribution in [3.63, 3.8) is 0 Å². The van der Waals surface area contributed by atoms with E-state index >= 15 is 0 Å². The highest BCUT2D eigenvalue weighted by atomic mass is 16.4. The van der Waals surface area contributed by atoms with Crippen molar-refractivity contribution >= 4 is 17.6 Å². The maximum Gasteiger partial charge on any atom is 0.326 e. The molecule has 0 saturated carbocycles. The van der Waals surface area contributed by atoms with Gasteiger partial charge in [0.2, 0.25) is 0 Å². The molecule has 0 saturated heterocycles. The molecule has 1 aromatic rings. The van der Waals surface area contributed by atoms with Gasteiger partial charge in [-0.1, -0.05) is 25.5 Å². The topological polar surface area (TPSA) is 92.4 Å². The number of carbonyl (C=O) groups is 2. The monoisotopic (exact) mass is 236 g/mol. The number of para-hydroxylation sites is 1. The Morgan fingerprint density at radius 3 is 2.59 bits per heavy atom. The van der Waals surface area contributed by atoms with E-state index in [1.807, 2.05) is 6.92 Å². The van der Waals surface area contributed by atoms with Crippen LogP contribution in [0.1, 0.15) is 30.1 Å². The minimum Gasteiger partial charge on any atom is -0.480 e. The summed E-state index contributed by atoms with van der Waals surface area (Å²) < 4.78 is 0. The molecule has 0 spiro atoms. The van der Waals surface area contributed by atoms with Gasteiger partial charge in [0.25, 0.3) is 5.91 Å². The van der Waals surface area contributed by atoms with Gasteiger partial charge in [-0.2, -0.15) is 0 Å². The van der Waals surface area contributed by atoms with Crippen LogP contribution in [0.5, 0.6) is 0 Å². The van der Waals surface area contributed by atoms with E-state index in [9.17, 15) is 9.59 Å². The van der Waals surface area contributed by atoms with E-state index in [-0.39, 0.29) is 0 Å². The summed E-state index contributed by atoms with van der Waals surface area (Å²) in [7, 11) is 0. The molecular formula is C12H16N2O3. The first-order valence-electron chi connectivity index (χ1n) is 5.44. The molecule has 0 aliphatic carbocycles. The minimum atomic E-state index is -1.03. The standard InChI is InChI=1S/C12H16N2O3/c1-2-5-10(12(16)17)14-11(15)8-6-3-4-7-9(8)13/h3-4,6-7,10H,2,5,13H2,1H3,(H,14,15)(H,16,17)/t10-/m0/s1. The van der Waals surface area contributed by atoms with E-state index in [0.29, 0.717) is 24.1 Å². The van der Waals surface area contributed by atoms with Gasteiger partial charge < -0.3 is 16.2 Å². The third-order valence-electron chi connectivity index (χ3n) is 2.39. The molecule has 17 heavy (non-hydrogen) atoms.